The van der Waals surface area contributed by atoms with E-state index in [0.29, 0.717) is 10.2 Å². The Labute approximate surface area is 201 Å². The van der Waals surface area contributed by atoms with Crippen LogP contribution >= 0.6 is 31.9 Å². The summed E-state index contributed by atoms with van der Waals surface area (Å²) in [6, 6.07) is 0. The van der Waals surface area contributed by atoms with Crippen LogP contribution in [0, 0.1) is 46.3 Å². The van der Waals surface area contributed by atoms with Crippen molar-refractivity contribution in [2.75, 3.05) is 0 Å². The fraction of sp³-hybridized carbons (Fsp3) is 0.889. The van der Waals surface area contributed by atoms with Crippen LogP contribution in [0.3, 0.4) is 0 Å². The van der Waals surface area contributed by atoms with Gasteiger partial charge in [-0.05, 0) is 96.5 Å². The molecule has 0 aliphatic heterocycles. The highest BCUT2D eigenvalue weighted by atomic mass is 79.9. The molecule has 0 heterocycles. The lowest BCUT2D eigenvalue weighted by Crippen LogP contribution is -2.54. The number of alkyl halides is 2. The van der Waals surface area contributed by atoms with Crippen LogP contribution in [0.25, 0.3) is 0 Å². The Hall–Kier alpha value is 0.370. The third-order valence-electron chi connectivity index (χ3n) is 10.1. The maximum Gasteiger partial charge on any atom is 0.169 e. The lowest BCUT2D eigenvalue weighted by atomic mass is 9.46. The van der Waals surface area contributed by atoms with E-state index in [9.17, 15) is 4.79 Å². The van der Waals surface area contributed by atoms with Crippen molar-refractivity contribution in [3.05, 3.63) is 11.6 Å². The van der Waals surface area contributed by atoms with Gasteiger partial charge in [0, 0.05) is 4.83 Å². The number of carbonyl (C=O) groups is 1. The van der Waals surface area contributed by atoms with Crippen LogP contribution in [-0.2, 0) is 4.79 Å². The van der Waals surface area contributed by atoms with Crippen molar-refractivity contribution in [2.45, 2.75) is 102 Å². The summed E-state index contributed by atoms with van der Waals surface area (Å²) in [7, 11) is 0. The third-order valence-corrected chi connectivity index (χ3v) is 11.8. The Morgan fingerprint density at radius 2 is 1.77 bits per heavy atom. The first-order chi connectivity index (χ1) is 14.1. The molecule has 0 spiro atoms. The van der Waals surface area contributed by atoms with Crippen molar-refractivity contribution >= 4 is 37.6 Å². The van der Waals surface area contributed by atoms with Gasteiger partial charge in [-0.1, -0.05) is 85.7 Å². The summed E-state index contributed by atoms with van der Waals surface area (Å²) in [6.07, 6.45) is 14.1. The van der Waals surface area contributed by atoms with Crippen LogP contribution in [0.1, 0.15) is 92.4 Å². The third kappa shape index (κ3) is 3.84. The van der Waals surface area contributed by atoms with E-state index in [-0.39, 0.29) is 16.0 Å². The van der Waals surface area contributed by atoms with Crippen molar-refractivity contribution in [2.24, 2.45) is 46.3 Å². The summed E-state index contributed by atoms with van der Waals surface area (Å²) in [5.74, 6) is 5.33. The van der Waals surface area contributed by atoms with E-state index in [4.69, 9.17) is 0 Å². The van der Waals surface area contributed by atoms with Crippen LogP contribution in [0.4, 0.5) is 0 Å². The molecule has 1 nitrogen and oxygen atoms in total. The van der Waals surface area contributed by atoms with E-state index < -0.39 is 0 Å². The van der Waals surface area contributed by atoms with Gasteiger partial charge in [0.05, 0.1) is 4.83 Å². The molecule has 4 aliphatic rings. The lowest BCUT2D eigenvalue weighted by Gasteiger charge is -2.60. The van der Waals surface area contributed by atoms with Crippen LogP contribution in [0.15, 0.2) is 11.6 Å². The Balaban J connectivity index is 1.54. The van der Waals surface area contributed by atoms with Gasteiger partial charge in [-0.15, -0.1) is 0 Å². The maximum atomic E-state index is 12.4. The Morgan fingerprint density at radius 1 is 1.03 bits per heavy atom. The maximum absolute atomic E-state index is 12.4. The van der Waals surface area contributed by atoms with Gasteiger partial charge in [-0.2, -0.15) is 0 Å². The second-order valence-corrected chi connectivity index (χ2v) is 14.4. The fourth-order valence-electron chi connectivity index (χ4n) is 8.61. The van der Waals surface area contributed by atoms with Crippen molar-refractivity contribution in [1.29, 1.82) is 0 Å². The minimum Gasteiger partial charge on any atom is -0.294 e. The molecule has 3 saturated carbocycles. The van der Waals surface area contributed by atoms with E-state index >= 15 is 0 Å². The number of hydrogen-bond acceptors (Lipinski definition) is 1. The molecular weight excluding hydrogens is 500 g/mol. The first-order valence-corrected chi connectivity index (χ1v) is 14.4. The molecule has 9 atom stereocenters. The number of allylic oxidation sites excluding steroid dienone is 1. The summed E-state index contributed by atoms with van der Waals surface area (Å²) in [5, 5.41) is 0. The number of carbonyl (C=O) groups excluding carboxylic acids is 1. The van der Waals surface area contributed by atoms with Crippen LogP contribution < -0.4 is 0 Å². The zero-order chi connectivity index (χ0) is 21.8. The molecular formula is C27H42Br2O. The second kappa shape index (κ2) is 8.62. The summed E-state index contributed by atoms with van der Waals surface area (Å²) < 4.78 is 0. The van der Waals surface area contributed by atoms with Crippen molar-refractivity contribution in [3.63, 3.8) is 0 Å². The SMILES string of the molecule is CC(C)CCC[C@@H](C)[C@H]1CC[C@H]2[C@@H]3CC(Br)C4=CC(=O)C(Br)C[C@]4(C)[C@H]3CC[C@]12C. The van der Waals surface area contributed by atoms with Gasteiger partial charge in [0.25, 0.3) is 0 Å². The van der Waals surface area contributed by atoms with Gasteiger partial charge in [-0.3, -0.25) is 4.79 Å². The summed E-state index contributed by atoms with van der Waals surface area (Å²) in [5.41, 5.74) is 2.12. The number of hydrogen-bond donors (Lipinski definition) is 0. The van der Waals surface area contributed by atoms with Crippen LogP contribution in [0.5, 0.6) is 0 Å². The predicted molar refractivity (Wildman–Crippen MR) is 134 cm³/mol. The highest BCUT2D eigenvalue weighted by Crippen LogP contribution is 2.68. The molecule has 0 N–H and O–H groups in total. The average Bonchev–Trinajstić information content (AvgIpc) is 3.01. The van der Waals surface area contributed by atoms with Crippen molar-refractivity contribution < 1.29 is 4.79 Å². The van der Waals surface area contributed by atoms with E-state index in [2.05, 4.69) is 66.5 Å². The Bertz CT molecular complexity index is 699. The number of fused-ring (bicyclic) bond motifs is 5. The predicted octanol–water partition coefficient (Wildman–Crippen LogP) is 8.34. The first kappa shape index (κ1) is 23.5. The molecule has 0 aromatic heterocycles. The van der Waals surface area contributed by atoms with E-state index in [1.54, 1.807) is 0 Å². The summed E-state index contributed by atoms with van der Waals surface area (Å²) in [4.78, 5) is 12.8. The molecule has 30 heavy (non-hydrogen) atoms. The van der Waals surface area contributed by atoms with Gasteiger partial charge in [0.1, 0.15) is 0 Å². The molecule has 3 fully saturated rings. The van der Waals surface area contributed by atoms with Crippen molar-refractivity contribution in [1.82, 2.24) is 0 Å². The molecule has 0 aromatic rings. The van der Waals surface area contributed by atoms with Gasteiger partial charge in [0.15, 0.2) is 5.78 Å². The highest BCUT2D eigenvalue weighted by molar-refractivity contribution is 9.10. The molecule has 4 aliphatic carbocycles. The Morgan fingerprint density at radius 3 is 2.47 bits per heavy atom. The Kier molecular flexibility index (Phi) is 6.76. The smallest absolute Gasteiger partial charge is 0.169 e. The second-order valence-electron chi connectivity index (χ2n) is 12.2. The lowest BCUT2D eigenvalue weighted by molar-refractivity contribution is -0.116. The van der Waals surface area contributed by atoms with E-state index in [1.165, 1.54) is 56.9 Å². The topological polar surface area (TPSA) is 17.1 Å². The average molecular weight is 542 g/mol. The minimum atomic E-state index is 0.00955. The van der Waals surface area contributed by atoms with E-state index in [1.807, 2.05) is 6.08 Å². The van der Waals surface area contributed by atoms with Gasteiger partial charge in [-0.25, -0.2) is 0 Å². The number of halogens is 2. The number of ketones is 1. The summed E-state index contributed by atoms with van der Waals surface area (Å²) >= 11 is 7.75. The standard InChI is InChI=1S/C27H42Br2O/c1-16(2)7-6-8-17(3)19-9-10-20-18-13-23(28)22-14-25(30)24(29)15-27(22,5)21(18)11-12-26(19,20)4/h14,16-21,23-24H,6-13,15H2,1-5H3/t17-,18+,19-,20+,21+,23?,24?,26-,27-/m1/s1. The zero-order valence-electron chi connectivity index (χ0n) is 19.7. The molecule has 0 radical (unpaired) electrons. The molecule has 4 rings (SSSR count). The summed E-state index contributed by atoms with van der Waals surface area (Å²) in [6.45, 7) is 12.4. The van der Waals surface area contributed by atoms with Crippen LogP contribution in [-0.4, -0.2) is 15.4 Å². The molecule has 0 bridgehead atoms. The normalized spacial score (nSPS) is 46.8. The molecule has 0 saturated heterocycles. The van der Waals surface area contributed by atoms with Gasteiger partial charge >= 0.3 is 0 Å². The largest absolute Gasteiger partial charge is 0.294 e. The van der Waals surface area contributed by atoms with Crippen molar-refractivity contribution in [3.8, 4) is 0 Å². The zero-order valence-corrected chi connectivity index (χ0v) is 22.9. The first-order valence-electron chi connectivity index (χ1n) is 12.6. The highest BCUT2D eigenvalue weighted by Gasteiger charge is 2.61. The van der Waals surface area contributed by atoms with Gasteiger partial charge in [0.2, 0.25) is 0 Å². The van der Waals surface area contributed by atoms with Crippen LogP contribution in [0.2, 0.25) is 0 Å². The quantitative estimate of drug-likeness (QED) is 0.319. The molecule has 0 amide bonds. The molecule has 0 aromatic carbocycles. The molecule has 170 valence electrons. The minimum absolute atomic E-state index is 0.00955. The fourth-order valence-corrected chi connectivity index (χ4v) is 10.5. The molecule has 3 heteroatoms. The van der Waals surface area contributed by atoms with E-state index in [0.717, 1.165) is 41.9 Å². The number of rotatable bonds is 5. The van der Waals surface area contributed by atoms with Gasteiger partial charge < -0.3 is 0 Å². The molecule has 2 unspecified atom stereocenters. The monoisotopic (exact) mass is 540 g/mol.